The van der Waals surface area contributed by atoms with E-state index in [9.17, 15) is 18.0 Å². The maximum atomic E-state index is 12.7. The lowest BCUT2D eigenvalue weighted by Crippen LogP contribution is -2.39. The van der Waals surface area contributed by atoms with E-state index in [1.807, 2.05) is 0 Å². The first-order valence-corrected chi connectivity index (χ1v) is 5.91. The average molecular weight is 273 g/mol. The number of halogens is 3. The Morgan fingerprint density at radius 1 is 1.32 bits per heavy atom. The second-order valence-corrected chi connectivity index (χ2v) is 4.33. The van der Waals surface area contributed by atoms with Crippen LogP contribution in [0.3, 0.4) is 0 Å². The van der Waals surface area contributed by atoms with Crippen molar-refractivity contribution in [3.05, 3.63) is 29.8 Å². The van der Waals surface area contributed by atoms with Gasteiger partial charge in [0, 0.05) is 12.6 Å². The Hall–Kier alpha value is -1.76. The van der Waals surface area contributed by atoms with Crippen molar-refractivity contribution < 1.29 is 18.0 Å². The number of rotatable bonds is 2. The summed E-state index contributed by atoms with van der Waals surface area (Å²) in [6.07, 6.45) is -3.72. The molecule has 4 nitrogen and oxygen atoms in total. The summed E-state index contributed by atoms with van der Waals surface area (Å²) in [4.78, 5) is 11.6. The predicted molar refractivity (Wildman–Crippen MR) is 64.9 cm³/mol. The van der Waals surface area contributed by atoms with Crippen molar-refractivity contribution in [2.24, 2.45) is 0 Å². The van der Waals surface area contributed by atoms with Gasteiger partial charge in [-0.15, -0.1) is 0 Å². The molecule has 0 aromatic heterocycles. The number of hydrogen-bond donors (Lipinski definition) is 3. The molecule has 1 aromatic carbocycles. The average Bonchev–Trinajstić information content (AvgIpc) is 2.81. The highest BCUT2D eigenvalue weighted by Crippen LogP contribution is 2.34. The van der Waals surface area contributed by atoms with Crippen LogP contribution in [-0.2, 0) is 6.18 Å². The van der Waals surface area contributed by atoms with Gasteiger partial charge in [0.25, 0.3) is 0 Å². The number of hydrogen-bond acceptors (Lipinski definition) is 2. The van der Waals surface area contributed by atoms with E-state index >= 15 is 0 Å². The van der Waals surface area contributed by atoms with Crippen LogP contribution in [0.4, 0.5) is 23.7 Å². The number of urea groups is 1. The minimum absolute atomic E-state index is 0.0435. The van der Waals surface area contributed by atoms with E-state index in [4.69, 9.17) is 0 Å². The van der Waals surface area contributed by atoms with Crippen LogP contribution in [0.25, 0.3) is 0 Å². The molecule has 1 aliphatic rings. The molecule has 0 radical (unpaired) electrons. The van der Waals surface area contributed by atoms with Gasteiger partial charge >= 0.3 is 12.2 Å². The SMILES string of the molecule is O=C(Nc1ccccc1C(F)(F)F)N[C@H]1CCNC1. The van der Waals surface area contributed by atoms with Gasteiger partial charge in [0.1, 0.15) is 0 Å². The van der Waals surface area contributed by atoms with Crippen LogP contribution in [0.5, 0.6) is 0 Å². The quantitative estimate of drug-likeness (QED) is 0.773. The Bertz CT molecular complexity index is 456. The molecule has 19 heavy (non-hydrogen) atoms. The molecule has 1 aliphatic heterocycles. The zero-order valence-electron chi connectivity index (χ0n) is 10.1. The molecule has 1 fully saturated rings. The van der Waals surface area contributed by atoms with Crippen LogP contribution in [-0.4, -0.2) is 25.2 Å². The molecule has 1 heterocycles. The number of para-hydroxylation sites is 1. The maximum Gasteiger partial charge on any atom is 0.418 e. The second-order valence-electron chi connectivity index (χ2n) is 4.33. The predicted octanol–water partition coefficient (Wildman–Crippen LogP) is 2.19. The smallest absolute Gasteiger partial charge is 0.334 e. The Kier molecular flexibility index (Phi) is 3.94. The van der Waals surface area contributed by atoms with Crippen LogP contribution >= 0.6 is 0 Å². The Labute approximate surface area is 108 Å². The first-order chi connectivity index (χ1) is 8.97. The molecule has 0 unspecified atom stereocenters. The highest BCUT2D eigenvalue weighted by molar-refractivity contribution is 5.90. The van der Waals surface area contributed by atoms with Gasteiger partial charge in [-0.25, -0.2) is 4.79 Å². The molecule has 3 N–H and O–H groups in total. The lowest BCUT2D eigenvalue weighted by Gasteiger charge is -2.16. The van der Waals surface area contributed by atoms with Gasteiger partial charge in [-0.2, -0.15) is 13.2 Å². The third-order valence-electron chi connectivity index (χ3n) is 2.88. The molecule has 7 heteroatoms. The summed E-state index contributed by atoms with van der Waals surface area (Å²) in [5.41, 5.74) is -1.09. The zero-order chi connectivity index (χ0) is 13.9. The van der Waals surface area contributed by atoms with Gasteiger partial charge in [-0.1, -0.05) is 12.1 Å². The largest absolute Gasteiger partial charge is 0.418 e. The van der Waals surface area contributed by atoms with Gasteiger partial charge in [-0.05, 0) is 25.1 Å². The first kappa shape index (κ1) is 13.7. The third-order valence-corrected chi connectivity index (χ3v) is 2.88. The van der Waals surface area contributed by atoms with E-state index in [1.165, 1.54) is 18.2 Å². The molecular formula is C12H14F3N3O. The molecule has 1 atom stereocenters. The number of carbonyl (C=O) groups is 1. The van der Waals surface area contributed by atoms with Crippen molar-refractivity contribution in [3.8, 4) is 0 Å². The molecule has 0 aliphatic carbocycles. The lowest BCUT2D eigenvalue weighted by molar-refractivity contribution is -0.136. The number of amides is 2. The molecular weight excluding hydrogens is 259 g/mol. The fraction of sp³-hybridized carbons (Fsp3) is 0.417. The lowest BCUT2D eigenvalue weighted by atomic mass is 10.1. The van der Waals surface area contributed by atoms with Crippen molar-refractivity contribution in [2.75, 3.05) is 18.4 Å². The van der Waals surface area contributed by atoms with Crippen molar-refractivity contribution in [3.63, 3.8) is 0 Å². The summed E-state index contributed by atoms with van der Waals surface area (Å²) in [6.45, 7) is 1.43. The zero-order valence-corrected chi connectivity index (χ0v) is 10.1. The summed E-state index contributed by atoms with van der Waals surface area (Å²) >= 11 is 0. The van der Waals surface area contributed by atoms with Crippen LogP contribution in [0, 0.1) is 0 Å². The van der Waals surface area contributed by atoms with Crippen molar-refractivity contribution in [2.45, 2.75) is 18.6 Å². The molecule has 2 amide bonds. The number of benzene rings is 1. The molecule has 0 saturated carbocycles. The summed E-state index contributed by atoms with van der Waals surface area (Å²) < 4.78 is 38.2. The van der Waals surface area contributed by atoms with Gasteiger partial charge in [0.05, 0.1) is 11.3 Å². The van der Waals surface area contributed by atoms with Crippen molar-refractivity contribution >= 4 is 11.7 Å². The van der Waals surface area contributed by atoms with E-state index in [0.29, 0.717) is 6.54 Å². The number of alkyl halides is 3. The first-order valence-electron chi connectivity index (χ1n) is 5.91. The third kappa shape index (κ3) is 3.60. The van der Waals surface area contributed by atoms with Crippen LogP contribution in [0.2, 0.25) is 0 Å². The molecule has 0 bridgehead atoms. The Morgan fingerprint density at radius 2 is 2.05 bits per heavy atom. The van der Waals surface area contributed by atoms with E-state index in [0.717, 1.165) is 19.0 Å². The monoisotopic (exact) mass is 273 g/mol. The van der Waals surface area contributed by atoms with Crippen LogP contribution in [0.1, 0.15) is 12.0 Å². The van der Waals surface area contributed by atoms with Crippen molar-refractivity contribution in [1.29, 1.82) is 0 Å². The van der Waals surface area contributed by atoms with E-state index in [1.54, 1.807) is 0 Å². The standard InChI is InChI=1S/C12H14F3N3O/c13-12(14,15)9-3-1-2-4-10(9)18-11(19)17-8-5-6-16-7-8/h1-4,8,16H,5-7H2,(H2,17,18,19)/t8-/m0/s1. The van der Waals surface area contributed by atoms with Crippen LogP contribution in [0.15, 0.2) is 24.3 Å². The van der Waals surface area contributed by atoms with Gasteiger partial charge in [0.2, 0.25) is 0 Å². The topological polar surface area (TPSA) is 53.2 Å². The van der Waals surface area contributed by atoms with Gasteiger partial charge < -0.3 is 16.0 Å². The Morgan fingerprint density at radius 3 is 2.68 bits per heavy atom. The minimum atomic E-state index is -4.49. The van der Waals surface area contributed by atoms with E-state index in [-0.39, 0.29) is 11.7 Å². The summed E-state index contributed by atoms with van der Waals surface area (Å²) in [5.74, 6) is 0. The molecule has 104 valence electrons. The molecule has 1 saturated heterocycles. The summed E-state index contributed by atoms with van der Waals surface area (Å²) in [7, 11) is 0. The van der Waals surface area contributed by atoms with Gasteiger partial charge in [0.15, 0.2) is 0 Å². The maximum absolute atomic E-state index is 12.7. The summed E-state index contributed by atoms with van der Waals surface area (Å²) in [5, 5.41) is 7.93. The highest BCUT2D eigenvalue weighted by atomic mass is 19.4. The van der Waals surface area contributed by atoms with E-state index < -0.39 is 17.8 Å². The van der Waals surface area contributed by atoms with E-state index in [2.05, 4.69) is 16.0 Å². The number of carbonyl (C=O) groups excluding carboxylic acids is 1. The fourth-order valence-electron chi connectivity index (χ4n) is 1.96. The molecule has 0 spiro atoms. The fourth-order valence-corrected chi connectivity index (χ4v) is 1.96. The minimum Gasteiger partial charge on any atom is -0.334 e. The Balaban J connectivity index is 2.04. The second kappa shape index (κ2) is 5.48. The van der Waals surface area contributed by atoms with Crippen LogP contribution < -0.4 is 16.0 Å². The highest BCUT2D eigenvalue weighted by Gasteiger charge is 2.33. The van der Waals surface area contributed by atoms with Crippen molar-refractivity contribution in [1.82, 2.24) is 10.6 Å². The number of anilines is 1. The normalized spacial score (nSPS) is 19.2. The number of nitrogens with one attached hydrogen (secondary N) is 3. The van der Waals surface area contributed by atoms with Gasteiger partial charge in [-0.3, -0.25) is 0 Å². The summed E-state index contributed by atoms with van der Waals surface area (Å²) in [6, 6.07) is 4.24. The molecule has 2 rings (SSSR count). The molecule has 1 aromatic rings.